The van der Waals surface area contributed by atoms with Gasteiger partial charge < -0.3 is 8.85 Å². The van der Waals surface area contributed by atoms with Crippen molar-refractivity contribution >= 4 is 14.6 Å². The van der Waals surface area contributed by atoms with Crippen LogP contribution in [0.25, 0.3) is 6.08 Å². The fraction of sp³-hybridized carbons (Fsp3) is 0.333. The van der Waals surface area contributed by atoms with Gasteiger partial charge >= 0.3 is 8.56 Å². The number of hydrogen-bond donors (Lipinski definition) is 0. The molecule has 0 radical (unpaired) electrons. The van der Waals surface area contributed by atoms with Gasteiger partial charge in [0.2, 0.25) is 0 Å². The zero-order chi connectivity index (χ0) is 11.3. The molecule has 0 heterocycles. The number of rotatable bonds is 5. The topological polar surface area (TPSA) is 18.5 Å². The van der Waals surface area contributed by atoms with E-state index in [1.807, 2.05) is 31.3 Å². The highest BCUT2D eigenvalue weighted by molar-refractivity contribution is 6.64. The molecule has 0 spiro atoms. The van der Waals surface area contributed by atoms with Crippen LogP contribution >= 0.6 is 0 Å². The summed E-state index contributed by atoms with van der Waals surface area (Å²) in [5.74, 6) is 0. The molecule has 82 valence electrons. The lowest BCUT2D eigenvalue weighted by molar-refractivity contribution is 0.202. The molecule has 1 aromatic rings. The van der Waals surface area contributed by atoms with Crippen molar-refractivity contribution in [2.45, 2.75) is 19.7 Å². The molecule has 0 N–H and O–H groups in total. The third kappa shape index (κ3) is 3.99. The van der Waals surface area contributed by atoms with Crippen LogP contribution < -0.4 is 0 Å². The molecule has 0 unspecified atom stereocenters. The Morgan fingerprint density at radius 3 is 2.33 bits per heavy atom. The molecule has 0 amide bonds. The second-order valence-electron chi connectivity index (χ2n) is 3.84. The highest BCUT2D eigenvalue weighted by Gasteiger charge is 2.22. The minimum atomic E-state index is -1.90. The Balaban J connectivity index is 2.54. The first-order chi connectivity index (χ1) is 7.07. The van der Waals surface area contributed by atoms with Crippen LogP contribution in [-0.2, 0) is 15.5 Å². The van der Waals surface area contributed by atoms with Crippen LogP contribution in [0, 0.1) is 0 Å². The van der Waals surface area contributed by atoms with Crippen LogP contribution in [0.15, 0.2) is 30.8 Å². The zero-order valence-electron chi connectivity index (χ0n) is 9.62. The van der Waals surface area contributed by atoms with Crippen LogP contribution in [0.1, 0.15) is 11.1 Å². The Kier molecular flexibility index (Phi) is 4.26. The maximum atomic E-state index is 5.73. The summed E-state index contributed by atoms with van der Waals surface area (Å²) in [4.78, 5) is 0. The molecule has 0 saturated heterocycles. The van der Waals surface area contributed by atoms with Crippen molar-refractivity contribution in [3.05, 3.63) is 42.0 Å². The Labute approximate surface area is 92.8 Å². The van der Waals surface area contributed by atoms with Crippen molar-refractivity contribution in [2.75, 3.05) is 7.11 Å². The normalized spacial score (nSPS) is 11.4. The van der Waals surface area contributed by atoms with Gasteiger partial charge in [0.15, 0.2) is 0 Å². The first-order valence-corrected chi connectivity index (χ1v) is 7.79. The van der Waals surface area contributed by atoms with E-state index in [0.29, 0.717) is 6.61 Å². The highest BCUT2D eigenvalue weighted by atomic mass is 28.4. The van der Waals surface area contributed by atoms with E-state index in [2.05, 4.69) is 18.7 Å². The van der Waals surface area contributed by atoms with E-state index in [9.17, 15) is 0 Å². The van der Waals surface area contributed by atoms with Gasteiger partial charge in [-0.05, 0) is 24.2 Å². The Morgan fingerprint density at radius 1 is 1.27 bits per heavy atom. The van der Waals surface area contributed by atoms with E-state index in [1.165, 1.54) is 5.56 Å². The molecule has 2 nitrogen and oxygen atoms in total. The van der Waals surface area contributed by atoms with Crippen LogP contribution in [0.5, 0.6) is 0 Å². The van der Waals surface area contributed by atoms with Crippen molar-refractivity contribution in [1.82, 2.24) is 0 Å². The Bertz CT molecular complexity index is 317. The van der Waals surface area contributed by atoms with Gasteiger partial charge in [-0.2, -0.15) is 0 Å². The molecule has 0 fully saturated rings. The Hall–Kier alpha value is -0.903. The summed E-state index contributed by atoms with van der Waals surface area (Å²) in [6.45, 7) is 8.40. The lowest BCUT2D eigenvalue weighted by atomic mass is 10.1. The molecule has 1 rings (SSSR count). The quantitative estimate of drug-likeness (QED) is 0.712. The fourth-order valence-corrected chi connectivity index (χ4v) is 1.70. The minimum Gasteiger partial charge on any atom is -0.398 e. The molecule has 0 aromatic heterocycles. The number of hydrogen-bond acceptors (Lipinski definition) is 2. The van der Waals surface area contributed by atoms with Gasteiger partial charge in [0.05, 0.1) is 6.61 Å². The molecule has 0 atom stereocenters. The van der Waals surface area contributed by atoms with Crippen LogP contribution in [0.3, 0.4) is 0 Å². The largest absolute Gasteiger partial charge is 0.398 e. The van der Waals surface area contributed by atoms with Gasteiger partial charge in [-0.25, -0.2) is 0 Å². The van der Waals surface area contributed by atoms with Crippen LogP contribution in [0.2, 0.25) is 13.1 Å². The summed E-state index contributed by atoms with van der Waals surface area (Å²) >= 11 is 0. The standard InChI is InChI=1S/C12H18O2Si/c1-5-11-6-8-12(9-7-11)10-14-15(3,4)13-2/h5-9H,1,10H2,2-4H3. The van der Waals surface area contributed by atoms with Crippen LogP contribution in [-0.4, -0.2) is 15.7 Å². The third-order valence-electron chi connectivity index (χ3n) is 2.29. The predicted molar refractivity (Wildman–Crippen MR) is 65.8 cm³/mol. The van der Waals surface area contributed by atoms with Crippen molar-refractivity contribution in [1.29, 1.82) is 0 Å². The Morgan fingerprint density at radius 2 is 1.87 bits per heavy atom. The SMILES string of the molecule is C=Cc1ccc(CO[Si](C)(C)OC)cc1. The van der Waals surface area contributed by atoms with Gasteiger partial charge in [0.25, 0.3) is 0 Å². The van der Waals surface area contributed by atoms with Crippen molar-refractivity contribution in [3.63, 3.8) is 0 Å². The molecule has 0 bridgehead atoms. The average Bonchev–Trinajstić information content (AvgIpc) is 2.27. The maximum Gasteiger partial charge on any atom is 0.331 e. The summed E-state index contributed by atoms with van der Waals surface area (Å²) in [5.41, 5.74) is 2.29. The molecule has 15 heavy (non-hydrogen) atoms. The molecule has 0 aliphatic heterocycles. The fourth-order valence-electron chi connectivity index (χ4n) is 1.07. The predicted octanol–water partition coefficient (Wildman–Crippen LogP) is 3.19. The van der Waals surface area contributed by atoms with Crippen molar-refractivity contribution < 1.29 is 8.85 Å². The van der Waals surface area contributed by atoms with Gasteiger partial charge in [-0.3, -0.25) is 0 Å². The minimum absolute atomic E-state index is 0.616. The second kappa shape index (κ2) is 5.26. The highest BCUT2D eigenvalue weighted by Crippen LogP contribution is 2.11. The van der Waals surface area contributed by atoms with Crippen molar-refractivity contribution in [2.24, 2.45) is 0 Å². The smallest absolute Gasteiger partial charge is 0.331 e. The van der Waals surface area contributed by atoms with Gasteiger partial charge in [0.1, 0.15) is 0 Å². The zero-order valence-corrected chi connectivity index (χ0v) is 10.6. The van der Waals surface area contributed by atoms with Crippen molar-refractivity contribution in [3.8, 4) is 0 Å². The first kappa shape index (κ1) is 12.2. The van der Waals surface area contributed by atoms with E-state index in [4.69, 9.17) is 8.85 Å². The monoisotopic (exact) mass is 222 g/mol. The molecule has 1 aromatic carbocycles. The first-order valence-electron chi connectivity index (χ1n) is 4.98. The van der Waals surface area contributed by atoms with Gasteiger partial charge in [-0.1, -0.05) is 36.9 Å². The summed E-state index contributed by atoms with van der Waals surface area (Å²) in [6, 6.07) is 8.18. The summed E-state index contributed by atoms with van der Waals surface area (Å²) in [6.07, 6.45) is 1.83. The third-order valence-corrected chi connectivity index (χ3v) is 4.12. The summed E-state index contributed by atoms with van der Waals surface area (Å²) in [7, 11) is -0.201. The van der Waals surface area contributed by atoms with Gasteiger partial charge in [-0.15, -0.1) is 0 Å². The van der Waals surface area contributed by atoms with Crippen LogP contribution in [0.4, 0.5) is 0 Å². The maximum absolute atomic E-state index is 5.73. The molecular weight excluding hydrogens is 204 g/mol. The summed E-state index contributed by atoms with van der Waals surface area (Å²) in [5, 5.41) is 0. The molecule has 0 aliphatic carbocycles. The number of benzene rings is 1. The van der Waals surface area contributed by atoms with Gasteiger partial charge in [0, 0.05) is 7.11 Å². The van der Waals surface area contributed by atoms with E-state index in [0.717, 1.165) is 5.56 Å². The molecule has 0 aliphatic rings. The summed E-state index contributed by atoms with van der Waals surface area (Å²) < 4.78 is 11.0. The van der Waals surface area contributed by atoms with E-state index in [-0.39, 0.29) is 0 Å². The van der Waals surface area contributed by atoms with E-state index >= 15 is 0 Å². The van der Waals surface area contributed by atoms with E-state index < -0.39 is 8.56 Å². The lowest BCUT2D eigenvalue weighted by Crippen LogP contribution is -2.32. The second-order valence-corrected chi connectivity index (χ2v) is 7.33. The molecular formula is C12H18O2Si. The average molecular weight is 222 g/mol. The van der Waals surface area contributed by atoms with E-state index in [1.54, 1.807) is 7.11 Å². The molecule has 3 heteroatoms. The molecule has 0 saturated carbocycles. The lowest BCUT2D eigenvalue weighted by Gasteiger charge is -2.20.